The van der Waals surface area contributed by atoms with Crippen LogP contribution >= 0.6 is 0 Å². The molecule has 2 amide bonds. The van der Waals surface area contributed by atoms with Crippen LogP contribution in [0.5, 0.6) is 5.75 Å². The third kappa shape index (κ3) is 2.44. The van der Waals surface area contributed by atoms with Crippen molar-refractivity contribution in [3.63, 3.8) is 0 Å². The second-order valence-corrected chi connectivity index (χ2v) is 3.56. The SMILES string of the molecule is C=CC(=O)N[C@H]1COc2ccccc2NC1=O. The first kappa shape index (κ1) is 11.2. The molecule has 2 N–H and O–H groups in total. The number of fused-ring (bicyclic) bond motifs is 1. The predicted molar refractivity (Wildman–Crippen MR) is 62.7 cm³/mol. The number of amides is 2. The fourth-order valence-electron chi connectivity index (χ4n) is 1.50. The van der Waals surface area contributed by atoms with E-state index in [0.29, 0.717) is 11.4 Å². The summed E-state index contributed by atoms with van der Waals surface area (Å²) in [5, 5.41) is 5.19. The van der Waals surface area contributed by atoms with Crippen molar-refractivity contribution < 1.29 is 14.3 Å². The molecular weight excluding hydrogens is 220 g/mol. The number of carbonyl (C=O) groups is 2. The average molecular weight is 232 g/mol. The summed E-state index contributed by atoms with van der Waals surface area (Å²) < 4.78 is 5.44. The van der Waals surface area contributed by atoms with E-state index >= 15 is 0 Å². The molecule has 0 bridgehead atoms. The minimum atomic E-state index is -0.715. The second-order valence-electron chi connectivity index (χ2n) is 3.56. The van der Waals surface area contributed by atoms with Crippen LogP contribution in [-0.4, -0.2) is 24.5 Å². The normalized spacial score (nSPS) is 18.1. The number of nitrogens with one attached hydrogen (secondary N) is 2. The largest absolute Gasteiger partial charge is 0.489 e. The van der Waals surface area contributed by atoms with Gasteiger partial charge in [0.2, 0.25) is 5.91 Å². The van der Waals surface area contributed by atoms with Gasteiger partial charge in [0.05, 0.1) is 5.69 Å². The van der Waals surface area contributed by atoms with Crippen LogP contribution in [0.4, 0.5) is 5.69 Å². The quantitative estimate of drug-likeness (QED) is 0.737. The van der Waals surface area contributed by atoms with Gasteiger partial charge in [-0.15, -0.1) is 0 Å². The van der Waals surface area contributed by atoms with Gasteiger partial charge in [-0.1, -0.05) is 18.7 Å². The number of anilines is 1. The van der Waals surface area contributed by atoms with Crippen LogP contribution in [0.25, 0.3) is 0 Å². The van der Waals surface area contributed by atoms with Gasteiger partial charge < -0.3 is 15.4 Å². The van der Waals surface area contributed by atoms with E-state index in [4.69, 9.17) is 4.74 Å². The number of hydrogen-bond donors (Lipinski definition) is 2. The summed E-state index contributed by atoms with van der Waals surface area (Å²) in [4.78, 5) is 22.9. The topological polar surface area (TPSA) is 67.4 Å². The second kappa shape index (κ2) is 4.69. The first-order valence-corrected chi connectivity index (χ1v) is 5.16. The molecule has 1 aliphatic rings. The van der Waals surface area contributed by atoms with Gasteiger partial charge >= 0.3 is 0 Å². The van der Waals surface area contributed by atoms with E-state index in [1.54, 1.807) is 18.2 Å². The lowest BCUT2D eigenvalue weighted by Gasteiger charge is -2.12. The first-order chi connectivity index (χ1) is 8.20. The molecule has 1 atom stereocenters. The molecule has 2 rings (SSSR count). The van der Waals surface area contributed by atoms with Crippen LogP contribution in [0.1, 0.15) is 0 Å². The molecule has 17 heavy (non-hydrogen) atoms. The molecular formula is C12H12N2O3. The maximum atomic E-state index is 11.8. The van der Waals surface area contributed by atoms with Gasteiger partial charge in [-0.2, -0.15) is 0 Å². The highest BCUT2D eigenvalue weighted by Gasteiger charge is 2.25. The molecule has 0 spiro atoms. The van der Waals surface area contributed by atoms with Gasteiger partial charge in [0, 0.05) is 0 Å². The van der Waals surface area contributed by atoms with Crippen molar-refractivity contribution in [3.8, 4) is 5.75 Å². The molecule has 0 radical (unpaired) electrons. The van der Waals surface area contributed by atoms with E-state index in [1.165, 1.54) is 0 Å². The molecule has 0 unspecified atom stereocenters. The summed E-state index contributed by atoms with van der Waals surface area (Å²) in [6.45, 7) is 3.43. The fourth-order valence-corrected chi connectivity index (χ4v) is 1.50. The number of ether oxygens (including phenoxy) is 1. The zero-order chi connectivity index (χ0) is 12.3. The Morgan fingerprint density at radius 3 is 3.06 bits per heavy atom. The Hall–Kier alpha value is -2.30. The molecule has 0 aliphatic carbocycles. The van der Waals surface area contributed by atoms with Crippen molar-refractivity contribution in [2.24, 2.45) is 0 Å². The van der Waals surface area contributed by atoms with Crippen molar-refractivity contribution in [1.82, 2.24) is 5.32 Å². The van der Waals surface area contributed by atoms with Crippen LogP contribution in [0.15, 0.2) is 36.9 Å². The van der Waals surface area contributed by atoms with Crippen molar-refractivity contribution in [3.05, 3.63) is 36.9 Å². The number of para-hydroxylation sites is 2. The van der Waals surface area contributed by atoms with E-state index < -0.39 is 11.9 Å². The Morgan fingerprint density at radius 1 is 1.53 bits per heavy atom. The molecule has 5 nitrogen and oxygen atoms in total. The summed E-state index contributed by atoms with van der Waals surface area (Å²) >= 11 is 0. The fraction of sp³-hybridized carbons (Fsp3) is 0.167. The number of rotatable bonds is 2. The predicted octanol–water partition coefficient (Wildman–Crippen LogP) is 0.688. The van der Waals surface area contributed by atoms with Crippen LogP contribution in [0.3, 0.4) is 0 Å². The van der Waals surface area contributed by atoms with E-state index in [-0.39, 0.29) is 12.5 Å². The summed E-state index contributed by atoms with van der Waals surface area (Å²) in [6, 6.07) is 6.39. The van der Waals surface area contributed by atoms with Gasteiger partial charge in [0.15, 0.2) is 0 Å². The number of benzene rings is 1. The van der Waals surface area contributed by atoms with Gasteiger partial charge in [-0.3, -0.25) is 9.59 Å². The number of carbonyl (C=O) groups excluding carboxylic acids is 2. The van der Waals surface area contributed by atoms with E-state index in [2.05, 4.69) is 17.2 Å². The first-order valence-electron chi connectivity index (χ1n) is 5.16. The monoisotopic (exact) mass is 232 g/mol. The third-order valence-corrected chi connectivity index (χ3v) is 2.37. The lowest BCUT2D eigenvalue weighted by atomic mass is 10.2. The zero-order valence-electron chi connectivity index (χ0n) is 9.10. The standard InChI is InChI=1S/C12H12N2O3/c1-2-11(15)13-9-7-17-10-6-4-3-5-8(10)14-12(9)16/h2-6,9H,1,7H2,(H,13,15)(H,14,16)/t9-/m0/s1. The van der Waals surface area contributed by atoms with Crippen molar-refractivity contribution in [2.45, 2.75) is 6.04 Å². The Bertz CT molecular complexity index is 471. The Morgan fingerprint density at radius 2 is 2.29 bits per heavy atom. The van der Waals surface area contributed by atoms with Crippen LogP contribution < -0.4 is 15.4 Å². The third-order valence-electron chi connectivity index (χ3n) is 2.37. The minimum absolute atomic E-state index is 0.0996. The highest BCUT2D eigenvalue weighted by Crippen LogP contribution is 2.25. The molecule has 0 fully saturated rings. The van der Waals surface area contributed by atoms with Crippen LogP contribution in [-0.2, 0) is 9.59 Å². The highest BCUT2D eigenvalue weighted by molar-refractivity contribution is 6.00. The lowest BCUT2D eigenvalue weighted by molar-refractivity contribution is -0.124. The van der Waals surface area contributed by atoms with E-state index in [1.807, 2.05) is 6.07 Å². The van der Waals surface area contributed by atoms with Crippen molar-refractivity contribution in [2.75, 3.05) is 11.9 Å². The summed E-state index contributed by atoms with van der Waals surface area (Å²) in [5.74, 6) is -0.110. The van der Waals surface area contributed by atoms with Gasteiger partial charge in [-0.05, 0) is 18.2 Å². The van der Waals surface area contributed by atoms with Crippen LogP contribution in [0, 0.1) is 0 Å². The van der Waals surface area contributed by atoms with Crippen molar-refractivity contribution in [1.29, 1.82) is 0 Å². The lowest BCUT2D eigenvalue weighted by Crippen LogP contribution is -2.45. The molecule has 1 aromatic rings. The molecule has 0 saturated carbocycles. The summed E-state index contributed by atoms with van der Waals surface area (Å²) in [6.07, 6.45) is 1.12. The molecule has 1 heterocycles. The van der Waals surface area contributed by atoms with Gasteiger partial charge in [-0.25, -0.2) is 0 Å². The maximum absolute atomic E-state index is 11.8. The number of hydrogen-bond acceptors (Lipinski definition) is 3. The van der Waals surface area contributed by atoms with Gasteiger partial charge in [0.1, 0.15) is 18.4 Å². The zero-order valence-corrected chi connectivity index (χ0v) is 9.10. The maximum Gasteiger partial charge on any atom is 0.250 e. The van der Waals surface area contributed by atoms with E-state index in [9.17, 15) is 9.59 Å². The Balaban J connectivity index is 2.15. The van der Waals surface area contributed by atoms with Crippen molar-refractivity contribution >= 4 is 17.5 Å². The molecule has 1 aliphatic heterocycles. The smallest absolute Gasteiger partial charge is 0.250 e. The summed E-state index contributed by atoms with van der Waals surface area (Å²) in [7, 11) is 0. The van der Waals surface area contributed by atoms with Crippen LogP contribution in [0.2, 0.25) is 0 Å². The average Bonchev–Trinajstić information content (AvgIpc) is 2.49. The van der Waals surface area contributed by atoms with Gasteiger partial charge in [0.25, 0.3) is 5.91 Å². The summed E-state index contributed by atoms with van der Waals surface area (Å²) in [5.41, 5.74) is 0.604. The Kier molecular flexibility index (Phi) is 3.09. The Labute approximate surface area is 98.5 Å². The highest BCUT2D eigenvalue weighted by atomic mass is 16.5. The minimum Gasteiger partial charge on any atom is -0.489 e. The molecule has 1 aromatic carbocycles. The molecule has 5 heteroatoms. The molecule has 0 saturated heterocycles. The van der Waals surface area contributed by atoms with E-state index in [0.717, 1.165) is 6.08 Å². The molecule has 0 aromatic heterocycles. The molecule has 88 valence electrons.